The molecule has 0 saturated heterocycles. The zero-order valence-electron chi connectivity index (χ0n) is 14.7. The van der Waals surface area contributed by atoms with Crippen LogP contribution < -0.4 is 0 Å². The molecule has 0 aliphatic carbocycles. The van der Waals surface area contributed by atoms with Gasteiger partial charge in [0.05, 0.1) is 0 Å². The fourth-order valence-electron chi connectivity index (χ4n) is 4.44. The first-order valence-corrected chi connectivity index (χ1v) is 9.30. The standard InChI is InChI=1S/C26H17N/c1-5-18-6-2-10-22-24-15-13-17(12-14-19-7-4-16-27-19)20-8-3-11-23(26(20)24)21(9-1)25(18)22/h1-16,27H/b14-12+. The van der Waals surface area contributed by atoms with E-state index in [4.69, 9.17) is 0 Å². The summed E-state index contributed by atoms with van der Waals surface area (Å²) in [6.07, 6.45) is 6.30. The number of benzene rings is 5. The van der Waals surface area contributed by atoms with E-state index < -0.39 is 0 Å². The van der Waals surface area contributed by atoms with E-state index in [0.717, 1.165) is 5.69 Å². The minimum atomic E-state index is 1.12. The van der Waals surface area contributed by atoms with Crippen molar-refractivity contribution in [3.8, 4) is 0 Å². The maximum Gasteiger partial charge on any atom is 0.0380 e. The molecule has 0 unspecified atom stereocenters. The summed E-state index contributed by atoms with van der Waals surface area (Å²) in [4.78, 5) is 3.24. The summed E-state index contributed by atoms with van der Waals surface area (Å²) in [7, 11) is 0. The molecule has 1 aromatic heterocycles. The van der Waals surface area contributed by atoms with Crippen molar-refractivity contribution in [1.29, 1.82) is 0 Å². The monoisotopic (exact) mass is 343 g/mol. The predicted octanol–water partition coefficient (Wildman–Crippen LogP) is 7.24. The SMILES string of the molecule is C(=C\c1ccc2c3cccc4cccc(c5cccc1c52)c43)/c1ccc[nH]1. The van der Waals surface area contributed by atoms with Crippen molar-refractivity contribution >= 4 is 55.2 Å². The number of nitrogens with one attached hydrogen (secondary N) is 1. The lowest BCUT2D eigenvalue weighted by Crippen LogP contribution is -1.88. The Labute approximate surface area is 156 Å². The number of hydrogen-bond acceptors (Lipinski definition) is 0. The van der Waals surface area contributed by atoms with E-state index in [-0.39, 0.29) is 0 Å². The van der Waals surface area contributed by atoms with Crippen LogP contribution >= 0.6 is 0 Å². The quantitative estimate of drug-likeness (QED) is 0.252. The van der Waals surface area contributed by atoms with Crippen LogP contribution in [0.15, 0.2) is 85.1 Å². The highest BCUT2D eigenvalue weighted by Gasteiger charge is 2.13. The van der Waals surface area contributed by atoms with Crippen LogP contribution in [0.1, 0.15) is 11.3 Å². The molecule has 0 bridgehead atoms. The van der Waals surface area contributed by atoms with Crippen molar-refractivity contribution in [2.24, 2.45) is 0 Å². The first-order valence-electron chi connectivity index (χ1n) is 9.30. The van der Waals surface area contributed by atoms with Gasteiger partial charge in [0, 0.05) is 11.9 Å². The molecule has 0 aliphatic rings. The molecule has 1 heteroatoms. The molecule has 0 amide bonds. The van der Waals surface area contributed by atoms with Gasteiger partial charge in [0.25, 0.3) is 0 Å². The summed E-state index contributed by atoms with van der Waals surface area (Å²) in [6.45, 7) is 0. The lowest BCUT2D eigenvalue weighted by atomic mass is 9.88. The average Bonchev–Trinajstić information content (AvgIpc) is 3.24. The van der Waals surface area contributed by atoms with Gasteiger partial charge >= 0.3 is 0 Å². The Bertz CT molecular complexity index is 1400. The van der Waals surface area contributed by atoms with E-state index in [1.54, 1.807) is 0 Å². The van der Waals surface area contributed by atoms with Crippen LogP contribution in [-0.4, -0.2) is 4.98 Å². The van der Waals surface area contributed by atoms with Crippen LogP contribution in [0.3, 0.4) is 0 Å². The fraction of sp³-hybridized carbons (Fsp3) is 0. The zero-order valence-corrected chi connectivity index (χ0v) is 14.7. The van der Waals surface area contributed by atoms with Crippen LogP contribution in [0.25, 0.3) is 55.2 Å². The zero-order chi connectivity index (χ0) is 17.8. The first kappa shape index (κ1) is 14.6. The number of aromatic amines is 1. The molecule has 0 radical (unpaired) electrons. The largest absolute Gasteiger partial charge is 0.362 e. The van der Waals surface area contributed by atoms with E-state index in [2.05, 4.69) is 89.9 Å². The molecule has 1 heterocycles. The molecule has 6 rings (SSSR count). The summed E-state index contributed by atoms with van der Waals surface area (Å²) in [5, 5.41) is 10.7. The maximum atomic E-state index is 3.24. The number of aromatic nitrogens is 1. The van der Waals surface area contributed by atoms with Crippen LogP contribution in [-0.2, 0) is 0 Å². The number of rotatable bonds is 2. The average molecular weight is 343 g/mol. The lowest BCUT2D eigenvalue weighted by molar-refractivity contribution is 1.38. The Morgan fingerprint density at radius 1 is 0.519 bits per heavy atom. The third kappa shape index (κ3) is 2.06. The van der Waals surface area contributed by atoms with Gasteiger partial charge in [-0.15, -0.1) is 0 Å². The Kier molecular flexibility index (Phi) is 2.95. The lowest BCUT2D eigenvalue weighted by Gasteiger charge is -2.15. The highest BCUT2D eigenvalue weighted by atomic mass is 14.7. The molecule has 1 nitrogen and oxygen atoms in total. The van der Waals surface area contributed by atoms with E-state index in [9.17, 15) is 0 Å². The highest BCUT2D eigenvalue weighted by Crippen LogP contribution is 2.41. The van der Waals surface area contributed by atoms with Crippen LogP contribution in [0.5, 0.6) is 0 Å². The molecule has 1 N–H and O–H groups in total. The Balaban J connectivity index is 1.76. The summed E-state index contributed by atoms with van der Waals surface area (Å²) >= 11 is 0. The number of hydrogen-bond donors (Lipinski definition) is 1. The molecule has 5 aromatic carbocycles. The van der Waals surface area contributed by atoms with E-state index >= 15 is 0 Å². The smallest absolute Gasteiger partial charge is 0.0380 e. The minimum Gasteiger partial charge on any atom is -0.362 e. The van der Waals surface area contributed by atoms with Gasteiger partial charge in [-0.1, -0.05) is 72.8 Å². The molecule has 27 heavy (non-hydrogen) atoms. The summed E-state index contributed by atoms with van der Waals surface area (Å²) in [5.74, 6) is 0. The van der Waals surface area contributed by atoms with Gasteiger partial charge in [0.15, 0.2) is 0 Å². The van der Waals surface area contributed by atoms with Crippen molar-refractivity contribution < 1.29 is 0 Å². The Morgan fingerprint density at radius 3 is 1.93 bits per heavy atom. The van der Waals surface area contributed by atoms with Gasteiger partial charge in [-0.05, 0) is 66.9 Å². The van der Waals surface area contributed by atoms with Crippen molar-refractivity contribution in [2.75, 3.05) is 0 Å². The highest BCUT2D eigenvalue weighted by molar-refractivity contribution is 6.33. The molecular formula is C26H17N. The predicted molar refractivity (Wildman–Crippen MR) is 117 cm³/mol. The number of fused-ring (bicyclic) bond motifs is 2. The number of H-pyrrole nitrogens is 1. The molecule has 0 aliphatic heterocycles. The normalized spacial score (nSPS) is 12.3. The topological polar surface area (TPSA) is 15.8 Å². The van der Waals surface area contributed by atoms with Crippen molar-refractivity contribution in [1.82, 2.24) is 4.98 Å². The third-order valence-electron chi connectivity index (χ3n) is 5.62. The summed E-state index contributed by atoms with van der Waals surface area (Å²) in [6, 6.07) is 28.6. The molecule has 0 spiro atoms. The molecule has 6 aromatic rings. The van der Waals surface area contributed by atoms with Crippen LogP contribution in [0.2, 0.25) is 0 Å². The van der Waals surface area contributed by atoms with Gasteiger partial charge in [-0.25, -0.2) is 0 Å². The second-order valence-corrected chi connectivity index (χ2v) is 7.10. The van der Waals surface area contributed by atoms with Gasteiger partial charge in [0.1, 0.15) is 0 Å². The van der Waals surface area contributed by atoms with Crippen molar-refractivity contribution in [3.05, 3.63) is 96.3 Å². The van der Waals surface area contributed by atoms with Crippen LogP contribution in [0, 0.1) is 0 Å². The third-order valence-corrected chi connectivity index (χ3v) is 5.62. The van der Waals surface area contributed by atoms with E-state index in [1.165, 1.54) is 48.7 Å². The Hall–Kier alpha value is -3.58. The van der Waals surface area contributed by atoms with E-state index in [1.807, 2.05) is 12.3 Å². The Morgan fingerprint density at radius 2 is 1.19 bits per heavy atom. The van der Waals surface area contributed by atoms with Gasteiger partial charge in [0.2, 0.25) is 0 Å². The molecule has 0 atom stereocenters. The fourth-order valence-corrected chi connectivity index (χ4v) is 4.44. The van der Waals surface area contributed by atoms with Crippen molar-refractivity contribution in [3.63, 3.8) is 0 Å². The summed E-state index contributed by atoms with van der Waals surface area (Å²) in [5.41, 5.74) is 2.36. The summed E-state index contributed by atoms with van der Waals surface area (Å²) < 4.78 is 0. The second-order valence-electron chi connectivity index (χ2n) is 7.10. The maximum absolute atomic E-state index is 3.24. The van der Waals surface area contributed by atoms with Gasteiger partial charge in [-0.3, -0.25) is 0 Å². The van der Waals surface area contributed by atoms with Gasteiger partial charge in [-0.2, -0.15) is 0 Å². The molecular weight excluding hydrogens is 326 g/mol. The van der Waals surface area contributed by atoms with E-state index in [0.29, 0.717) is 0 Å². The first-order chi connectivity index (χ1) is 13.4. The van der Waals surface area contributed by atoms with Crippen molar-refractivity contribution in [2.45, 2.75) is 0 Å². The molecule has 0 fully saturated rings. The van der Waals surface area contributed by atoms with Gasteiger partial charge < -0.3 is 4.98 Å². The minimum absolute atomic E-state index is 1.12. The van der Waals surface area contributed by atoms with Crippen LogP contribution in [0.4, 0.5) is 0 Å². The molecule has 126 valence electrons. The second kappa shape index (κ2) is 5.46. The molecule has 0 saturated carbocycles.